The zero-order valence-electron chi connectivity index (χ0n) is 15.4. The molecule has 146 valence electrons. The van der Waals surface area contributed by atoms with Crippen LogP contribution < -0.4 is 4.90 Å². The second kappa shape index (κ2) is 7.65. The van der Waals surface area contributed by atoms with E-state index in [4.69, 9.17) is 4.42 Å². The molecule has 1 aliphatic heterocycles. The zero-order valence-corrected chi connectivity index (χ0v) is 15.4. The Balaban J connectivity index is 2.05. The van der Waals surface area contributed by atoms with E-state index in [-0.39, 0.29) is 17.0 Å². The molecule has 2 aromatic rings. The number of hydrogen-bond donors (Lipinski definition) is 2. The van der Waals surface area contributed by atoms with Gasteiger partial charge in [0.2, 0.25) is 5.78 Å². The first-order valence-corrected chi connectivity index (χ1v) is 8.67. The largest absolute Gasteiger partial charge is 0.503 e. The standard InChI is InChI=1S/C19H19N3O6/c1-20(2)9-10-21-16(12-5-7-13(8-6-12)22(26)27)15(18(24)19(21)25)17(23)14-4-3-11-28-14/h3-8,11,16,24H,9-10H2,1-2H3/p+1/t16-/m0/s1. The summed E-state index contributed by atoms with van der Waals surface area (Å²) in [5.41, 5.74) is 0.290. The van der Waals surface area contributed by atoms with Gasteiger partial charge in [-0.3, -0.25) is 19.7 Å². The summed E-state index contributed by atoms with van der Waals surface area (Å²) >= 11 is 0. The van der Waals surface area contributed by atoms with Crippen LogP contribution in [0.2, 0.25) is 0 Å². The van der Waals surface area contributed by atoms with Gasteiger partial charge in [0.05, 0.1) is 50.0 Å². The first-order chi connectivity index (χ1) is 13.3. The molecule has 0 fully saturated rings. The minimum atomic E-state index is -0.856. The van der Waals surface area contributed by atoms with Crippen LogP contribution in [0.5, 0.6) is 0 Å². The molecule has 0 unspecified atom stereocenters. The quantitative estimate of drug-likeness (QED) is 0.415. The highest BCUT2D eigenvalue weighted by Gasteiger charge is 2.44. The van der Waals surface area contributed by atoms with E-state index >= 15 is 0 Å². The Morgan fingerprint density at radius 1 is 1.29 bits per heavy atom. The lowest BCUT2D eigenvalue weighted by molar-refractivity contribution is -0.857. The average Bonchev–Trinajstić information content (AvgIpc) is 3.28. The fourth-order valence-electron chi connectivity index (χ4n) is 3.13. The summed E-state index contributed by atoms with van der Waals surface area (Å²) in [4.78, 5) is 38.5. The first-order valence-electron chi connectivity index (χ1n) is 8.67. The minimum Gasteiger partial charge on any atom is -0.503 e. The number of rotatable bonds is 7. The highest BCUT2D eigenvalue weighted by Crippen LogP contribution is 2.39. The number of likely N-dealkylation sites (N-methyl/N-ethyl adjacent to an activating group) is 1. The van der Waals surface area contributed by atoms with Gasteiger partial charge >= 0.3 is 0 Å². The van der Waals surface area contributed by atoms with E-state index in [9.17, 15) is 24.8 Å². The van der Waals surface area contributed by atoms with Crippen molar-refractivity contribution < 1.29 is 28.9 Å². The summed E-state index contributed by atoms with van der Waals surface area (Å²) in [6.45, 7) is 0.881. The summed E-state index contributed by atoms with van der Waals surface area (Å²) in [7, 11) is 3.84. The lowest BCUT2D eigenvalue weighted by Crippen LogP contribution is -3.06. The first kappa shape index (κ1) is 19.3. The van der Waals surface area contributed by atoms with Gasteiger partial charge in [-0.25, -0.2) is 0 Å². The zero-order chi connectivity index (χ0) is 20.4. The van der Waals surface area contributed by atoms with Crippen LogP contribution >= 0.6 is 0 Å². The van der Waals surface area contributed by atoms with Crippen LogP contribution in [-0.2, 0) is 4.79 Å². The van der Waals surface area contributed by atoms with Crippen LogP contribution in [0, 0.1) is 10.1 Å². The van der Waals surface area contributed by atoms with Gasteiger partial charge in [0.1, 0.15) is 0 Å². The number of quaternary nitrogens is 1. The Labute approximate surface area is 160 Å². The third kappa shape index (κ3) is 3.52. The van der Waals surface area contributed by atoms with Crippen molar-refractivity contribution in [1.29, 1.82) is 0 Å². The van der Waals surface area contributed by atoms with Crippen molar-refractivity contribution in [1.82, 2.24) is 4.90 Å². The fraction of sp³-hybridized carbons (Fsp3) is 0.263. The monoisotopic (exact) mass is 386 g/mol. The van der Waals surface area contributed by atoms with Crippen molar-refractivity contribution in [3.8, 4) is 0 Å². The van der Waals surface area contributed by atoms with E-state index in [1.807, 2.05) is 14.1 Å². The molecule has 0 radical (unpaired) electrons. The minimum absolute atomic E-state index is 0.00125. The van der Waals surface area contributed by atoms with E-state index in [0.717, 1.165) is 4.90 Å². The number of ketones is 1. The summed E-state index contributed by atoms with van der Waals surface area (Å²) < 4.78 is 5.14. The molecule has 2 N–H and O–H groups in total. The number of carbonyl (C=O) groups is 2. The van der Waals surface area contributed by atoms with Gasteiger partial charge in [-0.1, -0.05) is 0 Å². The highest BCUT2D eigenvalue weighted by atomic mass is 16.6. The van der Waals surface area contributed by atoms with Crippen LogP contribution in [0.3, 0.4) is 0 Å². The van der Waals surface area contributed by atoms with Gasteiger partial charge in [-0.2, -0.15) is 0 Å². The Bertz CT molecular complexity index is 931. The smallest absolute Gasteiger partial charge is 0.290 e. The average molecular weight is 386 g/mol. The van der Waals surface area contributed by atoms with Crippen LogP contribution in [-0.4, -0.2) is 53.8 Å². The van der Waals surface area contributed by atoms with Crippen molar-refractivity contribution >= 4 is 17.4 Å². The van der Waals surface area contributed by atoms with E-state index in [1.165, 1.54) is 47.6 Å². The Morgan fingerprint density at radius 2 is 1.96 bits per heavy atom. The molecule has 9 nitrogen and oxygen atoms in total. The van der Waals surface area contributed by atoms with Crippen molar-refractivity contribution in [2.24, 2.45) is 0 Å². The van der Waals surface area contributed by atoms with Crippen LogP contribution in [0.15, 0.2) is 58.4 Å². The normalized spacial score (nSPS) is 16.9. The van der Waals surface area contributed by atoms with E-state index in [0.29, 0.717) is 18.7 Å². The molecular weight excluding hydrogens is 366 g/mol. The predicted molar refractivity (Wildman–Crippen MR) is 97.9 cm³/mol. The molecule has 0 aliphatic carbocycles. The van der Waals surface area contributed by atoms with Gasteiger partial charge in [0, 0.05) is 12.1 Å². The van der Waals surface area contributed by atoms with E-state index < -0.39 is 28.4 Å². The van der Waals surface area contributed by atoms with Gasteiger partial charge in [-0.05, 0) is 29.8 Å². The lowest BCUT2D eigenvalue weighted by Gasteiger charge is -2.26. The van der Waals surface area contributed by atoms with Crippen molar-refractivity contribution in [3.05, 3.63) is 75.4 Å². The van der Waals surface area contributed by atoms with Gasteiger partial charge < -0.3 is 19.3 Å². The third-order valence-electron chi connectivity index (χ3n) is 4.57. The number of hydrogen-bond acceptors (Lipinski definition) is 6. The summed E-state index contributed by atoms with van der Waals surface area (Å²) in [5, 5.41) is 21.4. The number of aliphatic hydroxyl groups excluding tert-OH is 1. The van der Waals surface area contributed by atoms with E-state index in [1.54, 1.807) is 0 Å². The molecular formula is C19H20N3O6+. The molecule has 1 aromatic carbocycles. The molecule has 9 heteroatoms. The molecule has 1 atom stereocenters. The van der Waals surface area contributed by atoms with Crippen LogP contribution in [0.25, 0.3) is 0 Å². The third-order valence-corrected chi connectivity index (χ3v) is 4.57. The molecule has 0 spiro atoms. The number of carbonyl (C=O) groups excluding carboxylic acids is 2. The van der Waals surface area contributed by atoms with Gasteiger partial charge in [0.15, 0.2) is 11.5 Å². The number of Topliss-reactive ketones (excluding diaryl/α,β-unsaturated/α-hetero) is 1. The maximum Gasteiger partial charge on any atom is 0.290 e. The number of nitrogens with zero attached hydrogens (tertiary/aromatic N) is 2. The second-order valence-corrected chi connectivity index (χ2v) is 6.78. The molecule has 2 heterocycles. The summed E-state index contributed by atoms with van der Waals surface area (Å²) in [6.07, 6.45) is 1.33. The molecule has 0 bridgehead atoms. The number of furan rings is 1. The fourth-order valence-corrected chi connectivity index (χ4v) is 3.13. The number of nitrogens with one attached hydrogen (secondary N) is 1. The Kier molecular flexibility index (Phi) is 5.27. The second-order valence-electron chi connectivity index (χ2n) is 6.78. The predicted octanol–water partition coefficient (Wildman–Crippen LogP) is 0.911. The van der Waals surface area contributed by atoms with Gasteiger partial charge in [0.25, 0.3) is 11.6 Å². The number of non-ortho nitro benzene ring substituents is 1. The maximum atomic E-state index is 12.9. The summed E-state index contributed by atoms with van der Waals surface area (Å²) in [6, 6.07) is 7.71. The lowest BCUT2D eigenvalue weighted by atomic mass is 9.95. The molecule has 3 rings (SSSR count). The summed E-state index contributed by atoms with van der Waals surface area (Å²) in [5.74, 6) is -1.88. The molecule has 1 aromatic heterocycles. The van der Waals surface area contributed by atoms with Crippen molar-refractivity contribution in [2.45, 2.75) is 6.04 Å². The topological polar surface area (TPSA) is 118 Å². The Hall–Kier alpha value is -3.46. The number of benzene rings is 1. The molecule has 1 amide bonds. The number of aliphatic hydroxyl groups is 1. The van der Waals surface area contributed by atoms with E-state index in [2.05, 4.69) is 0 Å². The SMILES string of the molecule is C[NH+](C)CCN1C(=O)C(O)=C(C(=O)c2ccco2)[C@@H]1c1ccc([N+](=O)[O-])cc1. The highest BCUT2D eigenvalue weighted by molar-refractivity contribution is 6.15. The maximum absolute atomic E-state index is 12.9. The Morgan fingerprint density at radius 3 is 2.50 bits per heavy atom. The van der Waals surface area contributed by atoms with Crippen molar-refractivity contribution in [2.75, 3.05) is 27.2 Å². The van der Waals surface area contributed by atoms with Gasteiger partial charge in [-0.15, -0.1) is 0 Å². The van der Waals surface area contributed by atoms with Crippen LogP contribution in [0.1, 0.15) is 22.2 Å². The number of nitro groups is 1. The number of amides is 1. The van der Waals surface area contributed by atoms with Crippen LogP contribution in [0.4, 0.5) is 5.69 Å². The number of nitro benzene ring substituents is 1. The molecule has 0 saturated heterocycles. The molecule has 28 heavy (non-hydrogen) atoms. The van der Waals surface area contributed by atoms with Crippen molar-refractivity contribution in [3.63, 3.8) is 0 Å². The molecule has 0 saturated carbocycles. The molecule has 1 aliphatic rings.